The number of carbonyl (C=O) groups excluding carboxylic acids is 1. The maximum absolute atomic E-state index is 12.7. The number of carbonyl (C=O) groups is 1. The summed E-state index contributed by atoms with van der Waals surface area (Å²) in [6.45, 7) is 2.49. The minimum absolute atomic E-state index is 0.0190. The van der Waals surface area contributed by atoms with Gasteiger partial charge in [-0.25, -0.2) is 8.42 Å². The topological polar surface area (TPSA) is 136 Å². The van der Waals surface area contributed by atoms with Gasteiger partial charge in [-0.05, 0) is 31.9 Å². The number of nitro groups is 1. The van der Waals surface area contributed by atoms with Crippen LogP contribution in [0.3, 0.4) is 0 Å². The van der Waals surface area contributed by atoms with E-state index in [-0.39, 0.29) is 29.1 Å². The van der Waals surface area contributed by atoms with Crippen LogP contribution in [0.25, 0.3) is 0 Å². The number of benzene rings is 1. The summed E-state index contributed by atoms with van der Waals surface area (Å²) in [4.78, 5) is 22.3. The number of hydrogen-bond acceptors (Lipinski definition) is 6. The summed E-state index contributed by atoms with van der Waals surface area (Å²) in [6, 6.07) is 4.57. The lowest BCUT2D eigenvalue weighted by Gasteiger charge is -2.31. The van der Waals surface area contributed by atoms with Gasteiger partial charge in [0.1, 0.15) is 0 Å². The fourth-order valence-corrected chi connectivity index (χ4v) is 4.21. The molecule has 3 N–H and O–H groups in total. The number of sulfonamides is 1. The van der Waals surface area contributed by atoms with Crippen LogP contribution in [0.15, 0.2) is 29.2 Å². The van der Waals surface area contributed by atoms with Crippen molar-refractivity contribution in [1.82, 2.24) is 9.62 Å². The van der Waals surface area contributed by atoms with Gasteiger partial charge in [-0.15, -0.1) is 0 Å². The molecule has 2 rings (SSSR count). The lowest BCUT2D eigenvalue weighted by molar-refractivity contribution is -0.384. The molecule has 2 atom stereocenters. The van der Waals surface area contributed by atoms with Gasteiger partial charge in [0.2, 0.25) is 15.9 Å². The number of nitrogens with zero attached hydrogens (tertiary/aromatic N) is 2. The van der Waals surface area contributed by atoms with Crippen molar-refractivity contribution in [3.05, 3.63) is 34.4 Å². The van der Waals surface area contributed by atoms with E-state index in [2.05, 4.69) is 5.32 Å². The monoisotopic (exact) mass is 370 g/mol. The Morgan fingerprint density at radius 1 is 1.44 bits per heavy atom. The molecule has 9 nitrogen and oxygen atoms in total. The third kappa shape index (κ3) is 4.53. The summed E-state index contributed by atoms with van der Waals surface area (Å²) in [5, 5.41) is 13.5. The molecule has 0 radical (unpaired) electrons. The SMILES string of the molecule is C[C@@H](CN)NC(=O)C1CCCN(S(=O)(=O)c2ccc([N+](=O)[O-])cc2)C1. The molecule has 10 heteroatoms. The van der Waals surface area contributed by atoms with Crippen molar-refractivity contribution in [2.24, 2.45) is 11.7 Å². The molecule has 1 fully saturated rings. The molecular formula is C15H22N4O5S. The number of rotatable bonds is 6. The van der Waals surface area contributed by atoms with Gasteiger partial charge in [0.25, 0.3) is 5.69 Å². The zero-order valence-corrected chi connectivity index (χ0v) is 14.7. The van der Waals surface area contributed by atoms with Crippen molar-refractivity contribution in [3.8, 4) is 0 Å². The molecular weight excluding hydrogens is 348 g/mol. The smallest absolute Gasteiger partial charge is 0.269 e. The summed E-state index contributed by atoms with van der Waals surface area (Å²) in [6.07, 6.45) is 1.18. The van der Waals surface area contributed by atoms with Crippen LogP contribution in [-0.4, -0.2) is 49.2 Å². The van der Waals surface area contributed by atoms with E-state index in [0.29, 0.717) is 25.9 Å². The second kappa shape index (κ2) is 7.89. The van der Waals surface area contributed by atoms with Gasteiger partial charge >= 0.3 is 0 Å². The van der Waals surface area contributed by atoms with Crippen molar-refractivity contribution in [2.75, 3.05) is 19.6 Å². The Kier molecular flexibility index (Phi) is 6.09. The van der Waals surface area contributed by atoms with Crippen molar-refractivity contribution in [1.29, 1.82) is 0 Å². The molecule has 1 aliphatic heterocycles. The molecule has 1 saturated heterocycles. The Bertz CT molecular complexity index is 735. The van der Waals surface area contributed by atoms with Crippen molar-refractivity contribution in [3.63, 3.8) is 0 Å². The van der Waals surface area contributed by atoms with Crippen LogP contribution in [0.1, 0.15) is 19.8 Å². The number of nitro benzene ring substituents is 1. The number of hydrogen-bond donors (Lipinski definition) is 2. The Balaban J connectivity index is 2.13. The summed E-state index contributed by atoms with van der Waals surface area (Å²) in [7, 11) is -3.80. The highest BCUT2D eigenvalue weighted by atomic mass is 32.2. The minimum atomic E-state index is -3.80. The molecule has 25 heavy (non-hydrogen) atoms. The zero-order valence-electron chi connectivity index (χ0n) is 13.9. The number of non-ortho nitro benzene ring substituents is 1. The molecule has 0 spiro atoms. The van der Waals surface area contributed by atoms with Crippen LogP contribution in [0.2, 0.25) is 0 Å². The van der Waals surface area contributed by atoms with Gasteiger partial charge in [0, 0.05) is 37.8 Å². The Morgan fingerprint density at radius 3 is 2.64 bits per heavy atom. The fraction of sp³-hybridized carbons (Fsp3) is 0.533. The summed E-state index contributed by atoms with van der Waals surface area (Å²) < 4.78 is 26.7. The third-order valence-corrected chi connectivity index (χ3v) is 6.06. The maximum atomic E-state index is 12.7. The van der Waals surface area contributed by atoms with E-state index in [1.807, 2.05) is 0 Å². The molecule has 0 saturated carbocycles. The maximum Gasteiger partial charge on any atom is 0.269 e. The first-order chi connectivity index (χ1) is 11.8. The summed E-state index contributed by atoms with van der Waals surface area (Å²) in [5.41, 5.74) is 5.31. The van der Waals surface area contributed by atoms with Crippen LogP contribution in [0, 0.1) is 16.0 Å². The summed E-state index contributed by atoms with van der Waals surface area (Å²) >= 11 is 0. The van der Waals surface area contributed by atoms with E-state index in [1.165, 1.54) is 16.4 Å². The largest absolute Gasteiger partial charge is 0.352 e. The van der Waals surface area contributed by atoms with Crippen LogP contribution >= 0.6 is 0 Å². The Morgan fingerprint density at radius 2 is 2.08 bits per heavy atom. The second-order valence-corrected chi connectivity index (χ2v) is 8.04. The van der Waals surface area contributed by atoms with Crippen LogP contribution in [0.5, 0.6) is 0 Å². The first kappa shape index (κ1) is 19.3. The van der Waals surface area contributed by atoms with E-state index in [0.717, 1.165) is 12.1 Å². The highest BCUT2D eigenvalue weighted by molar-refractivity contribution is 7.89. The molecule has 1 unspecified atom stereocenters. The molecule has 1 aromatic carbocycles. The lowest BCUT2D eigenvalue weighted by Crippen LogP contribution is -2.48. The number of nitrogens with one attached hydrogen (secondary N) is 1. The molecule has 0 aliphatic carbocycles. The molecule has 1 heterocycles. The van der Waals surface area contributed by atoms with Crippen LogP contribution in [-0.2, 0) is 14.8 Å². The highest BCUT2D eigenvalue weighted by Crippen LogP contribution is 2.25. The number of piperidine rings is 1. The van der Waals surface area contributed by atoms with E-state index >= 15 is 0 Å². The van der Waals surface area contributed by atoms with Gasteiger partial charge in [0.15, 0.2) is 0 Å². The Labute approximate surface area is 146 Å². The average Bonchev–Trinajstić information content (AvgIpc) is 2.61. The van der Waals surface area contributed by atoms with Crippen molar-refractivity contribution < 1.29 is 18.1 Å². The molecule has 1 aromatic rings. The van der Waals surface area contributed by atoms with Gasteiger partial charge in [-0.2, -0.15) is 4.31 Å². The number of amides is 1. The van der Waals surface area contributed by atoms with E-state index < -0.39 is 20.9 Å². The van der Waals surface area contributed by atoms with Crippen molar-refractivity contribution in [2.45, 2.75) is 30.7 Å². The Hall–Kier alpha value is -2.04. The summed E-state index contributed by atoms with van der Waals surface area (Å²) in [5.74, 6) is -0.642. The second-order valence-electron chi connectivity index (χ2n) is 6.10. The molecule has 1 aliphatic rings. The lowest BCUT2D eigenvalue weighted by atomic mass is 9.98. The molecule has 0 aromatic heterocycles. The predicted octanol–water partition coefficient (Wildman–Crippen LogP) is 0.459. The standard InChI is InChI=1S/C15H22N4O5S/c1-11(9-16)17-15(20)12-3-2-8-18(10-12)25(23,24)14-6-4-13(5-7-14)19(21)22/h4-7,11-12H,2-3,8-10,16H2,1H3,(H,17,20)/t11-,12?/m0/s1. The number of nitrogens with two attached hydrogens (primary N) is 1. The highest BCUT2D eigenvalue weighted by Gasteiger charge is 2.33. The van der Waals surface area contributed by atoms with Crippen LogP contribution in [0.4, 0.5) is 5.69 Å². The minimum Gasteiger partial charge on any atom is -0.352 e. The first-order valence-electron chi connectivity index (χ1n) is 8.00. The first-order valence-corrected chi connectivity index (χ1v) is 9.44. The van der Waals surface area contributed by atoms with Gasteiger partial charge in [0.05, 0.1) is 15.7 Å². The molecule has 138 valence electrons. The van der Waals surface area contributed by atoms with E-state index in [4.69, 9.17) is 5.73 Å². The average molecular weight is 370 g/mol. The zero-order chi connectivity index (χ0) is 18.6. The van der Waals surface area contributed by atoms with E-state index in [1.54, 1.807) is 6.92 Å². The van der Waals surface area contributed by atoms with Crippen LogP contribution < -0.4 is 11.1 Å². The van der Waals surface area contributed by atoms with E-state index in [9.17, 15) is 23.3 Å². The molecule has 0 bridgehead atoms. The van der Waals surface area contributed by atoms with Gasteiger partial charge in [-0.1, -0.05) is 0 Å². The molecule has 1 amide bonds. The van der Waals surface area contributed by atoms with Gasteiger partial charge in [-0.3, -0.25) is 14.9 Å². The third-order valence-electron chi connectivity index (χ3n) is 4.18. The fourth-order valence-electron chi connectivity index (χ4n) is 2.68. The quantitative estimate of drug-likeness (QED) is 0.551. The van der Waals surface area contributed by atoms with Gasteiger partial charge < -0.3 is 11.1 Å². The van der Waals surface area contributed by atoms with Crippen molar-refractivity contribution >= 4 is 21.6 Å². The predicted molar refractivity (Wildman–Crippen MR) is 91.2 cm³/mol. The normalized spacial score (nSPS) is 20.0.